The summed E-state index contributed by atoms with van der Waals surface area (Å²) in [5, 5.41) is 21.4. The van der Waals surface area contributed by atoms with Crippen LogP contribution in [0.5, 0.6) is 0 Å². The molecule has 0 bridgehead atoms. The second-order valence-corrected chi connectivity index (χ2v) is 28.1. The van der Waals surface area contributed by atoms with Gasteiger partial charge in [0.1, 0.15) is 32.9 Å². The van der Waals surface area contributed by atoms with Gasteiger partial charge in [-0.2, -0.15) is 0 Å². The summed E-state index contributed by atoms with van der Waals surface area (Å²) in [6, 6.07) is 0. The van der Waals surface area contributed by atoms with Crippen LogP contribution in [0.25, 0.3) is 0 Å². The third kappa shape index (κ3) is 39.7. The molecule has 376 valence electrons. The molecule has 2 N–H and O–H groups in total. The lowest BCUT2D eigenvalue weighted by atomic mass is 10.0. The van der Waals surface area contributed by atoms with E-state index in [1.54, 1.807) is 0 Å². The Morgan fingerprint density at radius 1 is 0.429 bits per heavy atom. The number of unbranched alkanes of at least 4 members (excludes halogenated alkanes) is 24. The van der Waals surface area contributed by atoms with Gasteiger partial charge in [0.25, 0.3) is 0 Å². The molecule has 2 heterocycles. The first kappa shape index (κ1) is 60.3. The van der Waals surface area contributed by atoms with Gasteiger partial charge in [0.15, 0.2) is 0 Å². The SMILES string of the molecule is CCCCCCCCCCCCCCCOCOC1CCC(O)[SiH2]N(CCCSSSCCCN2CCC(OCOCCCCCCCCCCCCCCC)CCC(O)[SiH2]2)CC1. The fraction of sp³-hybridized carbons (Fsp3) is 1.00. The highest BCUT2D eigenvalue weighted by atomic mass is 33.5. The minimum atomic E-state index is -0.622. The summed E-state index contributed by atoms with van der Waals surface area (Å²) >= 11 is 0. The van der Waals surface area contributed by atoms with Crippen LogP contribution in [0.15, 0.2) is 0 Å². The van der Waals surface area contributed by atoms with Crippen molar-refractivity contribution < 1.29 is 29.2 Å². The molecule has 2 fully saturated rings. The van der Waals surface area contributed by atoms with Crippen LogP contribution in [0.2, 0.25) is 0 Å². The Kier molecular flexibility index (Phi) is 44.9. The van der Waals surface area contributed by atoms with Gasteiger partial charge in [-0.3, -0.25) is 0 Å². The maximum atomic E-state index is 10.7. The van der Waals surface area contributed by atoms with Crippen molar-refractivity contribution in [2.45, 2.75) is 256 Å². The zero-order chi connectivity index (χ0) is 44.9. The Bertz CT molecular complexity index is 873. The van der Waals surface area contributed by atoms with Gasteiger partial charge in [-0.05, 0) is 100 Å². The predicted octanol–water partition coefficient (Wildman–Crippen LogP) is 12.5. The molecule has 0 radical (unpaired) electrons. The van der Waals surface area contributed by atoms with Crippen LogP contribution in [0, 0.1) is 0 Å². The molecular formula is C50H104N2O6S3Si2. The topological polar surface area (TPSA) is 83.9 Å². The summed E-state index contributed by atoms with van der Waals surface area (Å²) in [4.78, 5) is 0. The summed E-state index contributed by atoms with van der Waals surface area (Å²) in [5.41, 5.74) is -0.260. The van der Waals surface area contributed by atoms with E-state index in [0.717, 1.165) is 102 Å². The average Bonchev–Trinajstić information content (AvgIpc) is 3.27. The van der Waals surface area contributed by atoms with Crippen molar-refractivity contribution in [3.63, 3.8) is 0 Å². The van der Waals surface area contributed by atoms with Crippen molar-refractivity contribution in [1.82, 2.24) is 9.13 Å². The van der Waals surface area contributed by atoms with E-state index in [1.807, 2.05) is 31.4 Å². The van der Waals surface area contributed by atoms with E-state index in [-0.39, 0.29) is 23.7 Å². The van der Waals surface area contributed by atoms with Crippen molar-refractivity contribution in [2.75, 3.05) is 64.5 Å². The summed E-state index contributed by atoms with van der Waals surface area (Å²) in [6.45, 7) is 11.3. The number of rotatable bonds is 44. The van der Waals surface area contributed by atoms with E-state index >= 15 is 0 Å². The number of aliphatic hydroxyl groups is 2. The second kappa shape index (κ2) is 46.9. The summed E-state index contributed by atoms with van der Waals surface area (Å²) < 4.78 is 29.2. The average molecular weight is 982 g/mol. The Labute approximate surface area is 407 Å². The summed E-state index contributed by atoms with van der Waals surface area (Å²) in [5.74, 6) is 2.31. The van der Waals surface area contributed by atoms with Crippen LogP contribution in [0.3, 0.4) is 0 Å². The summed E-state index contributed by atoms with van der Waals surface area (Å²) in [7, 11) is 4.67. The molecule has 4 atom stereocenters. The molecule has 4 unspecified atom stereocenters. The molecule has 2 aliphatic heterocycles. The maximum absolute atomic E-state index is 10.7. The van der Waals surface area contributed by atoms with Gasteiger partial charge < -0.3 is 38.3 Å². The van der Waals surface area contributed by atoms with Gasteiger partial charge in [0.2, 0.25) is 0 Å². The van der Waals surface area contributed by atoms with Crippen molar-refractivity contribution >= 4 is 50.8 Å². The Balaban J connectivity index is 1.38. The van der Waals surface area contributed by atoms with Crippen molar-refractivity contribution in [3.05, 3.63) is 0 Å². The molecule has 2 saturated heterocycles. The van der Waals surface area contributed by atoms with Crippen LogP contribution in [0.1, 0.15) is 232 Å². The standard InChI is InChI=1S/C50H104N2O6S3Si2/c1-3-5-7-9-11-13-15-17-19-21-23-25-27-41-55-45-57-47-31-33-49(53)62-51(39-35-47)37-29-43-59-61-60-44-30-38-52-40-36-48(32-34-50(54)63-52)58-46-56-42-28-26-24-22-20-18-16-14-12-10-8-6-4-2/h47-50,53-54H,3-46,62-63H2,1-2H3. The first-order valence-electron chi connectivity index (χ1n) is 27.2. The Morgan fingerprint density at radius 2 is 0.762 bits per heavy atom. The number of aliphatic hydroxyl groups excluding tert-OH is 2. The van der Waals surface area contributed by atoms with E-state index in [2.05, 4.69) is 23.0 Å². The van der Waals surface area contributed by atoms with Crippen molar-refractivity contribution in [2.24, 2.45) is 0 Å². The van der Waals surface area contributed by atoms with Crippen LogP contribution < -0.4 is 0 Å². The molecule has 2 aliphatic rings. The van der Waals surface area contributed by atoms with Crippen molar-refractivity contribution in [3.8, 4) is 0 Å². The number of hydrogen-bond acceptors (Lipinski definition) is 11. The molecule has 0 aliphatic carbocycles. The monoisotopic (exact) mass is 981 g/mol. The maximum Gasteiger partial charge on any atom is 0.147 e. The van der Waals surface area contributed by atoms with Gasteiger partial charge >= 0.3 is 0 Å². The van der Waals surface area contributed by atoms with Crippen molar-refractivity contribution in [1.29, 1.82) is 0 Å². The van der Waals surface area contributed by atoms with E-state index in [1.165, 1.54) is 167 Å². The molecule has 0 aromatic carbocycles. The second-order valence-electron chi connectivity index (χ2n) is 19.2. The molecule has 63 heavy (non-hydrogen) atoms. The van der Waals surface area contributed by atoms with Gasteiger partial charge in [-0.25, -0.2) is 0 Å². The number of hydrogen-bond donors (Lipinski definition) is 2. The number of ether oxygens (including phenoxy) is 4. The molecule has 2 rings (SSSR count). The van der Waals surface area contributed by atoms with Crippen LogP contribution in [0.4, 0.5) is 0 Å². The molecule has 0 spiro atoms. The third-order valence-corrected chi connectivity index (χ3v) is 21.5. The van der Waals surface area contributed by atoms with E-state index in [0.29, 0.717) is 13.6 Å². The highest BCUT2D eigenvalue weighted by Crippen LogP contribution is 2.35. The minimum Gasteiger partial charge on any atom is -0.396 e. The molecule has 0 amide bonds. The fourth-order valence-corrected chi connectivity index (χ4v) is 16.5. The molecule has 0 saturated carbocycles. The Hall–Kier alpha value is 1.16. The zero-order valence-electron chi connectivity index (χ0n) is 41.5. The van der Waals surface area contributed by atoms with Crippen LogP contribution in [-0.2, 0) is 18.9 Å². The van der Waals surface area contributed by atoms with Crippen LogP contribution in [-0.4, -0.2) is 127 Å². The van der Waals surface area contributed by atoms with Gasteiger partial charge in [0, 0.05) is 24.7 Å². The predicted molar refractivity (Wildman–Crippen MR) is 284 cm³/mol. The Morgan fingerprint density at radius 3 is 1.11 bits per heavy atom. The molecule has 0 aromatic rings. The molecule has 13 heteroatoms. The smallest absolute Gasteiger partial charge is 0.147 e. The summed E-state index contributed by atoms with van der Waals surface area (Å²) in [6.07, 6.45) is 44.1. The normalized spacial score (nSPS) is 21.5. The minimum absolute atomic E-state index is 0.130. The first-order chi connectivity index (χ1) is 31.1. The van der Waals surface area contributed by atoms with E-state index < -0.39 is 19.4 Å². The first-order valence-corrected chi connectivity index (χ1v) is 33.9. The number of nitrogens with zero attached hydrogens (tertiary/aromatic N) is 2. The van der Waals surface area contributed by atoms with E-state index in [9.17, 15) is 10.2 Å². The lowest BCUT2D eigenvalue weighted by Crippen LogP contribution is -2.41. The van der Waals surface area contributed by atoms with Crippen LogP contribution >= 0.6 is 31.4 Å². The third-order valence-electron chi connectivity index (χ3n) is 13.2. The molecule has 0 aromatic heterocycles. The fourth-order valence-electron chi connectivity index (χ4n) is 9.05. The van der Waals surface area contributed by atoms with Gasteiger partial charge in [-0.1, -0.05) is 190 Å². The highest BCUT2D eigenvalue weighted by Gasteiger charge is 2.22. The molecule has 8 nitrogen and oxygen atoms in total. The lowest BCUT2D eigenvalue weighted by Gasteiger charge is -2.30. The quantitative estimate of drug-likeness (QED) is 0.0265. The zero-order valence-corrected chi connectivity index (χ0v) is 46.8. The largest absolute Gasteiger partial charge is 0.396 e. The molecular weight excluding hydrogens is 877 g/mol. The van der Waals surface area contributed by atoms with Gasteiger partial charge in [-0.15, -0.1) is 0 Å². The van der Waals surface area contributed by atoms with E-state index in [4.69, 9.17) is 18.9 Å². The lowest BCUT2D eigenvalue weighted by molar-refractivity contribution is -0.0975. The van der Waals surface area contributed by atoms with Gasteiger partial charge in [0.05, 0.1) is 23.7 Å². The highest BCUT2D eigenvalue weighted by molar-refractivity contribution is 9.09.